The first-order chi connectivity index (χ1) is 14.6. The zero-order valence-electron chi connectivity index (χ0n) is 18.0. The number of ether oxygens (including phenoxy) is 2. The van der Waals surface area contributed by atoms with Crippen LogP contribution in [0, 0.1) is 0 Å². The summed E-state index contributed by atoms with van der Waals surface area (Å²) in [5, 5.41) is 21.2. The van der Waals surface area contributed by atoms with Crippen molar-refractivity contribution in [1.29, 1.82) is 0 Å². The number of fused-ring (bicyclic) bond motifs is 1. The van der Waals surface area contributed by atoms with Crippen LogP contribution in [0.2, 0.25) is 0 Å². The van der Waals surface area contributed by atoms with Crippen molar-refractivity contribution in [1.82, 2.24) is 4.57 Å². The summed E-state index contributed by atoms with van der Waals surface area (Å²) in [6.45, 7) is 5.49. The Labute approximate surface area is 185 Å². The molecule has 2 N–H and O–H groups in total. The molecule has 0 radical (unpaired) electrons. The predicted octanol–water partition coefficient (Wildman–Crippen LogP) is 4.60. The van der Waals surface area contributed by atoms with E-state index >= 15 is 0 Å². The van der Waals surface area contributed by atoms with Gasteiger partial charge in [0.05, 0.1) is 24.0 Å². The van der Waals surface area contributed by atoms with Crippen LogP contribution >= 0.6 is 11.9 Å². The van der Waals surface area contributed by atoms with Gasteiger partial charge in [-0.3, -0.25) is 4.31 Å². The van der Waals surface area contributed by atoms with Crippen molar-refractivity contribution >= 4 is 34.6 Å². The van der Waals surface area contributed by atoms with Gasteiger partial charge < -0.3 is 19.7 Å². The molecule has 1 saturated heterocycles. The van der Waals surface area contributed by atoms with Crippen molar-refractivity contribution in [2.45, 2.75) is 38.7 Å². The third-order valence-electron chi connectivity index (χ3n) is 4.97. The second-order valence-corrected chi connectivity index (χ2v) is 9.50. The first-order valence-corrected chi connectivity index (χ1v) is 10.9. The summed E-state index contributed by atoms with van der Waals surface area (Å²) in [6, 6.07) is 14.8. The van der Waals surface area contributed by atoms with Gasteiger partial charge in [-0.05, 0) is 68.6 Å². The molecule has 164 valence electrons. The molecule has 1 aromatic heterocycles. The van der Waals surface area contributed by atoms with Crippen molar-refractivity contribution in [3.63, 3.8) is 0 Å². The average Bonchev–Trinajstić information content (AvgIpc) is 3.25. The Hall–Kier alpha value is -2.68. The van der Waals surface area contributed by atoms with Gasteiger partial charge in [0, 0.05) is 23.6 Å². The molecular weight excluding hydrogens is 416 g/mol. The minimum Gasteiger partial charge on any atom is -0.497 e. The zero-order chi connectivity index (χ0) is 22.4. The van der Waals surface area contributed by atoms with Crippen LogP contribution in [0.15, 0.2) is 48.5 Å². The third-order valence-corrected chi connectivity index (χ3v) is 6.12. The van der Waals surface area contributed by atoms with Crippen LogP contribution in [0.3, 0.4) is 0 Å². The third kappa shape index (κ3) is 4.23. The van der Waals surface area contributed by atoms with Gasteiger partial charge in [-0.2, -0.15) is 0 Å². The number of hydrogen-bond donors (Lipinski definition) is 2. The lowest BCUT2D eigenvalue weighted by atomic mass is 10.1. The topological polar surface area (TPSA) is 84.2 Å². The fourth-order valence-electron chi connectivity index (χ4n) is 3.55. The highest BCUT2D eigenvalue weighted by atomic mass is 32.2. The number of aliphatic hydroxyl groups is 2. The average molecular weight is 443 g/mol. The Morgan fingerprint density at radius 1 is 1.10 bits per heavy atom. The number of nitrogens with zero attached hydrogens (tertiary/aromatic N) is 2. The smallest absolute Gasteiger partial charge is 0.419 e. The van der Waals surface area contributed by atoms with Crippen LogP contribution in [-0.4, -0.2) is 45.2 Å². The van der Waals surface area contributed by atoms with E-state index in [1.165, 1.54) is 16.3 Å². The molecule has 0 unspecified atom stereocenters. The summed E-state index contributed by atoms with van der Waals surface area (Å²) in [5.74, 6) is -0.594. The summed E-state index contributed by atoms with van der Waals surface area (Å²) in [5.41, 5.74) is 2.20. The SMILES string of the molecule is COc1ccc2cc(-c3ccc(N4SCCC4(O)O)cc3)n(C(=O)OC(C)(C)C)c2c1. The van der Waals surface area contributed by atoms with Crippen molar-refractivity contribution < 1.29 is 24.5 Å². The molecule has 3 aromatic rings. The van der Waals surface area contributed by atoms with Crippen LogP contribution in [0.5, 0.6) is 5.75 Å². The van der Waals surface area contributed by atoms with Crippen LogP contribution in [0.4, 0.5) is 10.5 Å². The number of anilines is 1. The van der Waals surface area contributed by atoms with E-state index in [-0.39, 0.29) is 6.42 Å². The Bertz CT molecular complexity index is 1120. The largest absolute Gasteiger partial charge is 0.497 e. The van der Waals surface area contributed by atoms with Gasteiger partial charge in [-0.1, -0.05) is 12.1 Å². The summed E-state index contributed by atoms with van der Waals surface area (Å²) in [7, 11) is 1.58. The highest BCUT2D eigenvalue weighted by molar-refractivity contribution is 8.00. The second kappa shape index (κ2) is 7.78. The molecule has 0 spiro atoms. The normalized spacial score (nSPS) is 16.0. The molecule has 0 atom stereocenters. The van der Waals surface area contributed by atoms with Crippen molar-refractivity contribution in [3.05, 3.63) is 48.5 Å². The maximum absolute atomic E-state index is 13.1. The van der Waals surface area contributed by atoms with Gasteiger partial charge in [-0.15, -0.1) is 0 Å². The first kappa shape index (κ1) is 21.5. The number of hydrogen-bond acceptors (Lipinski definition) is 7. The van der Waals surface area contributed by atoms with E-state index in [4.69, 9.17) is 9.47 Å². The Morgan fingerprint density at radius 2 is 1.81 bits per heavy atom. The number of benzene rings is 2. The van der Waals surface area contributed by atoms with Gasteiger partial charge in [0.2, 0.25) is 0 Å². The van der Waals surface area contributed by atoms with Gasteiger partial charge in [0.1, 0.15) is 11.4 Å². The number of carbonyl (C=O) groups excluding carboxylic acids is 1. The summed E-state index contributed by atoms with van der Waals surface area (Å²) < 4.78 is 14.0. The first-order valence-electron chi connectivity index (χ1n) is 10.0. The fraction of sp³-hybridized carbons (Fsp3) is 0.348. The Kier molecular flexibility index (Phi) is 5.41. The van der Waals surface area contributed by atoms with Gasteiger partial charge in [0.25, 0.3) is 5.91 Å². The van der Waals surface area contributed by atoms with Crippen LogP contribution < -0.4 is 9.04 Å². The lowest BCUT2D eigenvalue weighted by molar-refractivity contribution is -0.143. The quantitative estimate of drug-likeness (QED) is 0.453. The summed E-state index contributed by atoms with van der Waals surface area (Å²) >= 11 is 1.37. The molecule has 7 nitrogen and oxygen atoms in total. The monoisotopic (exact) mass is 442 g/mol. The van der Waals surface area contributed by atoms with Gasteiger partial charge >= 0.3 is 6.09 Å². The number of carbonyl (C=O) groups is 1. The van der Waals surface area contributed by atoms with Gasteiger partial charge in [-0.25, -0.2) is 9.36 Å². The molecule has 1 aliphatic rings. The maximum atomic E-state index is 13.1. The predicted molar refractivity (Wildman–Crippen MR) is 122 cm³/mol. The summed E-state index contributed by atoms with van der Waals surface area (Å²) in [4.78, 5) is 13.1. The molecule has 4 rings (SSSR count). The van der Waals surface area contributed by atoms with Crippen molar-refractivity contribution in [2.75, 3.05) is 17.2 Å². The molecule has 0 amide bonds. The minimum absolute atomic E-state index is 0.272. The lowest BCUT2D eigenvalue weighted by Gasteiger charge is -2.28. The summed E-state index contributed by atoms with van der Waals surface area (Å²) in [6.07, 6.45) is -0.205. The van der Waals surface area contributed by atoms with Gasteiger partial charge in [0.15, 0.2) is 0 Å². The van der Waals surface area contributed by atoms with Crippen LogP contribution in [0.25, 0.3) is 22.2 Å². The van der Waals surface area contributed by atoms with Crippen molar-refractivity contribution in [3.8, 4) is 17.0 Å². The molecule has 2 heterocycles. The molecule has 0 aliphatic carbocycles. The Morgan fingerprint density at radius 3 is 2.39 bits per heavy atom. The number of methoxy groups -OCH3 is 1. The fourth-order valence-corrected chi connectivity index (χ4v) is 4.67. The van der Waals surface area contributed by atoms with E-state index in [1.54, 1.807) is 11.7 Å². The molecule has 31 heavy (non-hydrogen) atoms. The molecule has 0 bridgehead atoms. The molecule has 1 fully saturated rings. The van der Waals surface area contributed by atoms with Crippen molar-refractivity contribution in [2.24, 2.45) is 0 Å². The number of aromatic nitrogens is 1. The Balaban J connectivity index is 1.79. The highest BCUT2D eigenvalue weighted by Crippen LogP contribution is 2.39. The standard InChI is InChI=1S/C23H26N2O5S/c1-22(2,3)30-21(26)24-19(13-16-7-10-18(29-4)14-20(16)24)15-5-8-17(9-6-15)25-23(27,28)11-12-31-25/h5-10,13-14,27-28H,11-12H2,1-4H3. The molecular formula is C23H26N2O5S. The molecule has 1 aliphatic heterocycles. The molecule has 0 saturated carbocycles. The van der Waals surface area contributed by atoms with E-state index in [0.717, 1.165) is 10.9 Å². The molecule has 8 heteroatoms. The van der Waals surface area contributed by atoms with Crippen LogP contribution in [-0.2, 0) is 4.74 Å². The van der Waals surface area contributed by atoms with E-state index in [0.29, 0.717) is 28.4 Å². The maximum Gasteiger partial charge on any atom is 0.419 e. The van der Waals surface area contributed by atoms with E-state index < -0.39 is 17.6 Å². The lowest BCUT2D eigenvalue weighted by Crippen LogP contribution is -2.40. The van der Waals surface area contributed by atoms with Crippen LogP contribution in [0.1, 0.15) is 27.2 Å². The van der Waals surface area contributed by atoms with E-state index in [2.05, 4.69) is 0 Å². The highest BCUT2D eigenvalue weighted by Gasteiger charge is 2.38. The molecule has 2 aromatic carbocycles. The van der Waals surface area contributed by atoms with E-state index in [1.807, 2.05) is 69.3 Å². The number of rotatable bonds is 3. The zero-order valence-corrected chi connectivity index (χ0v) is 18.8. The minimum atomic E-state index is -1.87. The van der Waals surface area contributed by atoms with E-state index in [9.17, 15) is 15.0 Å². The second-order valence-electron chi connectivity index (χ2n) is 8.47.